The van der Waals surface area contributed by atoms with Crippen LogP contribution in [0.5, 0.6) is 0 Å². The zero-order chi connectivity index (χ0) is 16.3. The predicted octanol–water partition coefficient (Wildman–Crippen LogP) is 6.22. The number of hydrogen-bond donors (Lipinski definition) is 1. The molecule has 0 saturated heterocycles. The van der Waals surface area contributed by atoms with E-state index in [2.05, 4.69) is 43.4 Å². The molecule has 0 spiro atoms. The third-order valence-corrected chi connectivity index (χ3v) is 3.23. The van der Waals surface area contributed by atoms with Crippen molar-refractivity contribution in [3.05, 3.63) is 48.6 Å². The molecule has 0 aromatic carbocycles. The number of carboxylic acid groups (broad SMARTS) is 1. The molecule has 0 unspecified atom stereocenters. The maximum Gasteiger partial charge on any atom is 0.303 e. The average molecular weight is 304 g/mol. The Kier molecular flexibility index (Phi) is 16.2. The van der Waals surface area contributed by atoms with Gasteiger partial charge in [0.2, 0.25) is 0 Å². The molecule has 2 nitrogen and oxygen atoms in total. The Balaban J connectivity index is 3.40. The molecule has 1 N–H and O–H groups in total. The Morgan fingerprint density at radius 3 is 1.73 bits per heavy atom. The van der Waals surface area contributed by atoms with E-state index in [1.807, 2.05) is 12.2 Å². The molecule has 0 aliphatic carbocycles. The monoisotopic (exact) mass is 304 g/mol. The fourth-order valence-corrected chi connectivity index (χ4v) is 1.94. The molecule has 0 bridgehead atoms. The van der Waals surface area contributed by atoms with Gasteiger partial charge in [0.1, 0.15) is 0 Å². The summed E-state index contributed by atoms with van der Waals surface area (Å²) in [5.41, 5.74) is 0. The third kappa shape index (κ3) is 18.4. The summed E-state index contributed by atoms with van der Waals surface area (Å²) in [7, 11) is 0. The van der Waals surface area contributed by atoms with Gasteiger partial charge in [0.15, 0.2) is 0 Å². The molecular weight excluding hydrogens is 272 g/mol. The van der Waals surface area contributed by atoms with Crippen LogP contribution in [-0.2, 0) is 4.79 Å². The molecule has 0 aliphatic heterocycles. The number of carboxylic acids is 1. The van der Waals surface area contributed by atoms with E-state index >= 15 is 0 Å². The Morgan fingerprint density at radius 1 is 0.727 bits per heavy atom. The smallest absolute Gasteiger partial charge is 0.303 e. The minimum Gasteiger partial charge on any atom is -0.481 e. The van der Waals surface area contributed by atoms with Crippen molar-refractivity contribution in [2.75, 3.05) is 0 Å². The maximum atomic E-state index is 10.3. The molecule has 2 heteroatoms. The van der Waals surface area contributed by atoms with Crippen LogP contribution in [0.4, 0.5) is 0 Å². The van der Waals surface area contributed by atoms with Gasteiger partial charge in [-0.25, -0.2) is 0 Å². The first-order valence-electron chi connectivity index (χ1n) is 8.59. The zero-order valence-electron chi connectivity index (χ0n) is 14.0. The molecule has 0 rings (SSSR count). The fourth-order valence-electron chi connectivity index (χ4n) is 1.94. The van der Waals surface area contributed by atoms with Gasteiger partial charge in [0, 0.05) is 6.42 Å². The number of hydrogen-bond acceptors (Lipinski definition) is 1. The SMILES string of the molecule is CCCCCC/C=C/C/C=C/C/C=C/C/C=C/CCC(=O)O. The maximum absolute atomic E-state index is 10.3. The van der Waals surface area contributed by atoms with E-state index in [0.29, 0.717) is 6.42 Å². The molecule has 0 saturated carbocycles. The lowest BCUT2D eigenvalue weighted by Crippen LogP contribution is -1.91. The van der Waals surface area contributed by atoms with E-state index in [4.69, 9.17) is 5.11 Å². The van der Waals surface area contributed by atoms with Gasteiger partial charge in [-0.05, 0) is 38.5 Å². The van der Waals surface area contributed by atoms with Crippen LogP contribution >= 0.6 is 0 Å². The van der Waals surface area contributed by atoms with Gasteiger partial charge in [-0.1, -0.05) is 74.8 Å². The second-order valence-electron chi connectivity index (χ2n) is 5.37. The Labute approximate surface area is 136 Å². The minimum absolute atomic E-state index is 0.217. The molecule has 0 fully saturated rings. The van der Waals surface area contributed by atoms with Crippen molar-refractivity contribution in [3.8, 4) is 0 Å². The number of aliphatic carboxylic acids is 1. The fraction of sp³-hybridized carbons (Fsp3) is 0.550. The van der Waals surface area contributed by atoms with Crippen molar-refractivity contribution in [1.29, 1.82) is 0 Å². The number of allylic oxidation sites excluding steroid dienone is 8. The summed E-state index contributed by atoms with van der Waals surface area (Å²) in [6.07, 6.45) is 27.4. The van der Waals surface area contributed by atoms with Gasteiger partial charge in [-0.3, -0.25) is 4.79 Å². The van der Waals surface area contributed by atoms with Crippen molar-refractivity contribution in [3.63, 3.8) is 0 Å². The van der Waals surface area contributed by atoms with Crippen LogP contribution in [0.15, 0.2) is 48.6 Å². The summed E-state index contributed by atoms with van der Waals surface area (Å²) in [5, 5.41) is 8.48. The van der Waals surface area contributed by atoms with Crippen LogP contribution in [0.2, 0.25) is 0 Å². The summed E-state index contributed by atoms with van der Waals surface area (Å²) >= 11 is 0. The topological polar surface area (TPSA) is 37.3 Å². The van der Waals surface area contributed by atoms with Gasteiger partial charge < -0.3 is 5.11 Å². The molecule has 0 aromatic heterocycles. The molecule has 22 heavy (non-hydrogen) atoms. The molecule has 0 heterocycles. The van der Waals surface area contributed by atoms with Gasteiger partial charge >= 0.3 is 5.97 Å². The molecule has 124 valence electrons. The van der Waals surface area contributed by atoms with Crippen molar-refractivity contribution in [2.24, 2.45) is 0 Å². The highest BCUT2D eigenvalue weighted by Crippen LogP contribution is 2.03. The second-order valence-corrected chi connectivity index (χ2v) is 5.37. The van der Waals surface area contributed by atoms with Crippen molar-refractivity contribution in [1.82, 2.24) is 0 Å². The van der Waals surface area contributed by atoms with Crippen LogP contribution in [-0.4, -0.2) is 11.1 Å². The lowest BCUT2D eigenvalue weighted by atomic mass is 10.1. The summed E-state index contributed by atoms with van der Waals surface area (Å²) in [6, 6.07) is 0. The normalized spacial score (nSPS) is 12.4. The van der Waals surface area contributed by atoms with E-state index in [-0.39, 0.29) is 6.42 Å². The van der Waals surface area contributed by atoms with E-state index < -0.39 is 5.97 Å². The van der Waals surface area contributed by atoms with E-state index in [1.54, 1.807) is 0 Å². The van der Waals surface area contributed by atoms with Crippen molar-refractivity contribution < 1.29 is 9.90 Å². The average Bonchev–Trinajstić information content (AvgIpc) is 2.50. The van der Waals surface area contributed by atoms with Gasteiger partial charge in [-0.15, -0.1) is 0 Å². The Morgan fingerprint density at radius 2 is 1.23 bits per heavy atom. The number of unbranched alkanes of at least 4 members (excludes halogenated alkanes) is 4. The van der Waals surface area contributed by atoms with E-state index in [9.17, 15) is 4.79 Å². The lowest BCUT2D eigenvalue weighted by Gasteiger charge is -1.93. The van der Waals surface area contributed by atoms with Crippen molar-refractivity contribution >= 4 is 5.97 Å². The predicted molar refractivity (Wildman–Crippen MR) is 96.0 cm³/mol. The molecule has 0 aliphatic rings. The summed E-state index contributed by atoms with van der Waals surface area (Å²) in [5.74, 6) is -0.736. The highest BCUT2D eigenvalue weighted by Gasteiger charge is 1.90. The standard InChI is InChI=1S/C20H32O2/c1-2-3-4-5-6-7-8-9-10-11-12-13-14-15-16-17-18-19-20(21)22/h7-8,10-11,13-14,16-17H,2-6,9,12,15,18-19H2,1H3,(H,21,22)/b8-7+,11-10+,14-13+,17-16+. The Hall–Kier alpha value is -1.57. The second kappa shape index (κ2) is 17.5. The summed E-state index contributed by atoms with van der Waals surface area (Å²) < 4.78 is 0. The van der Waals surface area contributed by atoms with Gasteiger partial charge in [0.25, 0.3) is 0 Å². The molecule has 0 radical (unpaired) electrons. The van der Waals surface area contributed by atoms with Gasteiger partial charge in [0.05, 0.1) is 0 Å². The van der Waals surface area contributed by atoms with Gasteiger partial charge in [-0.2, -0.15) is 0 Å². The minimum atomic E-state index is -0.736. The first kappa shape index (κ1) is 20.4. The Bertz CT molecular complexity index is 362. The van der Waals surface area contributed by atoms with Crippen LogP contribution < -0.4 is 0 Å². The van der Waals surface area contributed by atoms with Crippen LogP contribution in [0.3, 0.4) is 0 Å². The first-order chi connectivity index (χ1) is 10.8. The van der Waals surface area contributed by atoms with Crippen LogP contribution in [0, 0.1) is 0 Å². The van der Waals surface area contributed by atoms with Crippen molar-refractivity contribution in [2.45, 2.75) is 71.1 Å². The summed E-state index contributed by atoms with van der Waals surface area (Å²) in [6.45, 7) is 2.24. The molecule has 0 atom stereocenters. The molecule has 0 amide bonds. The van der Waals surface area contributed by atoms with E-state index in [1.165, 1.54) is 32.1 Å². The lowest BCUT2D eigenvalue weighted by molar-refractivity contribution is -0.136. The van der Waals surface area contributed by atoms with E-state index in [0.717, 1.165) is 19.3 Å². The van der Waals surface area contributed by atoms with Crippen LogP contribution in [0.1, 0.15) is 71.1 Å². The largest absolute Gasteiger partial charge is 0.481 e. The first-order valence-corrected chi connectivity index (χ1v) is 8.59. The zero-order valence-corrected chi connectivity index (χ0v) is 14.0. The molecule has 0 aromatic rings. The number of rotatable bonds is 14. The quantitative estimate of drug-likeness (QED) is 0.305. The number of carbonyl (C=O) groups is 1. The highest BCUT2D eigenvalue weighted by molar-refractivity contribution is 5.66. The van der Waals surface area contributed by atoms with Crippen LogP contribution in [0.25, 0.3) is 0 Å². The molecular formula is C20H32O2. The highest BCUT2D eigenvalue weighted by atomic mass is 16.4. The summed E-state index contributed by atoms with van der Waals surface area (Å²) in [4.78, 5) is 10.3. The third-order valence-electron chi connectivity index (χ3n) is 3.23.